The molecule has 7 heteroatoms. The fourth-order valence-corrected chi connectivity index (χ4v) is 1.61. The van der Waals surface area contributed by atoms with Crippen LogP contribution in [0.5, 0.6) is 0 Å². The van der Waals surface area contributed by atoms with Crippen LogP contribution in [0.3, 0.4) is 0 Å². The number of nitrogen functional groups attached to an aromatic ring is 1. The van der Waals surface area contributed by atoms with Crippen LogP contribution in [0.2, 0.25) is 5.02 Å². The van der Waals surface area contributed by atoms with Gasteiger partial charge in [0.15, 0.2) is 0 Å². The van der Waals surface area contributed by atoms with Crippen molar-refractivity contribution < 1.29 is 4.92 Å². The van der Waals surface area contributed by atoms with Gasteiger partial charge in [-0.15, -0.1) is 0 Å². The first-order valence-electron chi connectivity index (χ1n) is 4.77. The van der Waals surface area contributed by atoms with Crippen LogP contribution >= 0.6 is 11.6 Å². The van der Waals surface area contributed by atoms with E-state index in [1.54, 1.807) is 16.9 Å². The number of nitro groups is 1. The molecule has 0 bridgehead atoms. The average Bonchev–Trinajstić information content (AvgIpc) is 2.66. The molecule has 0 aliphatic heterocycles. The molecular weight excluding hydrogens is 244 g/mol. The van der Waals surface area contributed by atoms with Crippen LogP contribution in [0, 0.1) is 10.1 Å². The summed E-state index contributed by atoms with van der Waals surface area (Å²) in [5, 5.41) is 15.2. The molecule has 88 valence electrons. The van der Waals surface area contributed by atoms with Crippen LogP contribution in [0.4, 0.5) is 11.4 Å². The predicted octanol–water partition coefficient (Wildman–Crippen LogP) is 2.08. The number of anilines is 1. The quantitative estimate of drug-likeness (QED) is 0.515. The second-order valence-electron chi connectivity index (χ2n) is 3.51. The zero-order valence-corrected chi connectivity index (χ0v) is 9.46. The van der Waals surface area contributed by atoms with Crippen molar-refractivity contribution >= 4 is 23.0 Å². The van der Waals surface area contributed by atoms with Crippen molar-refractivity contribution in [2.75, 3.05) is 5.73 Å². The van der Waals surface area contributed by atoms with Gasteiger partial charge in [0, 0.05) is 12.3 Å². The van der Waals surface area contributed by atoms with Crippen molar-refractivity contribution in [3.05, 3.63) is 51.3 Å². The predicted molar refractivity (Wildman–Crippen MR) is 63.8 cm³/mol. The summed E-state index contributed by atoms with van der Waals surface area (Å²) in [5.41, 5.74) is 6.30. The maximum absolute atomic E-state index is 10.7. The Morgan fingerprint density at radius 2 is 2.29 bits per heavy atom. The van der Waals surface area contributed by atoms with Crippen molar-refractivity contribution in [1.29, 1.82) is 0 Å². The Hall–Kier alpha value is -2.08. The fraction of sp³-hybridized carbons (Fsp3) is 0.100. The highest BCUT2D eigenvalue weighted by molar-refractivity contribution is 6.30. The zero-order chi connectivity index (χ0) is 12.4. The standard InChI is InChI=1S/C10H9ClN4O2/c11-8-4-13-14(6-8)5-7-1-2-9(12)10(3-7)15(16)17/h1-4,6H,5,12H2. The average molecular weight is 253 g/mol. The van der Waals surface area contributed by atoms with Crippen LogP contribution in [0.15, 0.2) is 30.6 Å². The summed E-state index contributed by atoms with van der Waals surface area (Å²) in [6.07, 6.45) is 3.15. The Balaban J connectivity index is 2.28. The third-order valence-corrected chi connectivity index (χ3v) is 2.43. The summed E-state index contributed by atoms with van der Waals surface area (Å²) in [7, 11) is 0. The lowest BCUT2D eigenvalue weighted by atomic mass is 10.2. The molecule has 1 aromatic heterocycles. The smallest absolute Gasteiger partial charge is 0.292 e. The molecule has 0 amide bonds. The highest BCUT2D eigenvalue weighted by Gasteiger charge is 2.12. The molecule has 0 radical (unpaired) electrons. The molecule has 0 atom stereocenters. The van der Waals surface area contributed by atoms with Crippen LogP contribution in [0.25, 0.3) is 0 Å². The summed E-state index contributed by atoms with van der Waals surface area (Å²) in [4.78, 5) is 10.2. The second-order valence-corrected chi connectivity index (χ2v) is 3.94. The van der Waals surface area contributed by atoms with Gasteiger partial charge in [-0.2, -0.15) is 5.10 Å². The van der Waals surface area contributed by atoms with E-state index < -0.39 is 4.92 Å². The first kappa shape index (κ1) is 11.4. The first-order chi connectivity index (χ1) is 8.06. The van der Waals surface area contributed by atoms with Crippen LogP contribution in [-0.2, 0) is 6.54 Å². The van der Waals surface area contributed by atoms with Gasteiger partial charge in [-0.05, 0) is 11.6 Å². The summed E-state index contributed by atoms with van der Waals surface area (Å²) in [6, 6.07) is 4.67. The van der Waals surface area contributed by atoms with E-state index in [0.29, 0.717) is 11.6 Å². The Morgan fingerprint density at radius 3 is 2.88 bits per heavy atom. The minimum absolute atomic E-state index is 0.0965. The molecule has 1 aromatic carbocycles. The van der Waals surface area contributed by atoms with Crippen LogP contribution in [-0.4, -0.2) is 14.7 Å². The summed E-state index contributed by atoms with van der Waals surface area (Å²) in [5.74, 6) is 0. The van der Waals surface area contributed by atoms with Crippen molar-refractivity contribution in [1.82, 2.24) is 9.78 Å². The van der Waals surface area contributed by atoms with E-state index in [-0.39, 0.29) is 11.4 Å². The summed E-state index contributed by atoms with van der Waals surface area (Å²) < 4.78 is 1.59. The maximum atomic E-state index is 10.7. The molecule has 0 unspecified atom stereocenters. The van der Waals surface area contributed by atoms with E-state index >= 15 is 0 Å². The van der Waals surface area contributed by atoms with Crippen LogP contribution < -0.4 is 5.73 Å². The molecule has 2 rings (SSSR count). The molecule has 0 fully saturated rings. The number of hydrogen-bond acceptors (Lipinski definition) is 4. The molecule has 6 nitrogen and oxygen atoms in total. The third-order valence-electron chi connectivity index (χ3n) is 2.24. The topological polar surface area (TPSA) is 87.0 Å². The first-order valence-corrected chi connectivity index (χ1v) is 5.15. The van der Waals surface area contributed by atoms with E-state index in [4.69, 9.17) is 17.3 Å². The number of benzene rings is 1. The van der Waals surface area contributed by atoms with E-state index in [9.17, 15) is 10.1 Å². The van der Waals surface area contributed by atoms with Gasteiger partial charge in [-0.25, -0.2) is 0 Å². The highest BCUT2D eigenvalue weighted by atomic mass is 35.5. The number of nitrogens with zero attached hydrogens (tertiary/aromatic N) is 3. The van der Waals surface area contributed by atoms with E-state index in [1.165, 1.54) is 18.3 Å². The molecule has 2 aromatic rings. The summed E-state index contributed by atoms with van der Waals surface area (Å²) >= 11 is 5.72. The Morgan fingerprint density at radius 1 is 1.53 bits per heavy atom. The Bertz CT molecular complexity index is 567. The lowest BCUT2D eigenvalue weighted by Crippen LogP contribution is -2.02. The van der Waals surface area contributed by atoms with Gasteiger partial charge < -0.3 is 5.73 Å². The highest BCUT2D eigenvalue weighted by Crippen LogP contribution is 2.22. The molecule has 2 N–H and O–H groups in total. The lowest BCUT2D eigenvalue weighted by Gasteiger charge is -2.03. The molecule has 0 spiro atoms. The molecule has 0 aliphatic rings. The Labute approximate surface area is 102 Å². The van der Waals surface area contributed by atoms with Crippen molar-refractivity contribution in [3.8, 4) is 0 Å². The van der Waals surface area contributed by atoms with Gasteiger partial charge in [-0.1, -0.05) is 17.7 Å². The van der Waals surface area contributed by atoms with Crippen molar-refractivity contribution in [2.24, 2.45) is 0 Å². The third kappa shape index (κ3) is 2.54. The maximum Gasteiger partial charge on any atom is 0.292 e. The largest absolute Gasteiger partial charge is 0.393 e. The van der Waals surface area contributed by atoms with Gasteiger partial charge in [-0.3, -0.25) is 14.8 Å². The number of hydrogen-bond donors (Lipinski definition) is 1. The van der Waals surface area contributed by atoms with Gasteiger partial charge in [0.2, 0.25) is 0 Å². The van der Waals surface area contributed by atoms with Crippen molar-refractivity contribution in [2.45, 2.75) is 6.54 Å². The number of rotatable bonds is 3. The zero-order valence-electron chi connectivity index (χ0n) is 8.71. The SMILES string of the molecule is Nc1ccc(Cn2cc(Cl)cn2)cc1[N+](=O)[O-]. The molecule has 17 heavy (non-hydrogen) atoms. The number of nitrogens with two attached hydrogens (primary N) is 1. The van der Waals surface area contributed by atoms with E-state index in [1.807, 2.05) is 0 Å². The Kier molecular flexibility index (Phi) is 2.97. The van der Waals surface area contributed by atoms with E-state index in [0.717, 1.165) is 5.56 Å². The fourth-order valence-electron chi connectivity index (χ4n) is 1.46. The van der Waals surface area contributed by atoms with Crippen LogP contribution in [0.1, 0.15) is 5.56 Å². The van der Waals surface area contributed by atoms with E-state index in [2.05, 4.69) is 5.10 Å². The lowest BCUT2D eigenvalue weighted by molar-refractivity contribution is -0.384. The van der Waals surface area contributed by atoms with Gasteiger partial charge in [0.25, 0.3) is 5.69 Å². The van der Waals surface area contributed by atoms with Crippen molar-refractivity contribution in [3.63, 3.8) is 0 Å². The number of nitro benzene ring substituents is 1. The van der Waals surface area contributed by atoms with Gasteiger partial charge >= 0.3 is 0 Å². The van der Waals surface area contributed by atoms with Gasteiger partial charge in [0.1, 0.15) is 5.69 Å². The molecule has 0 saturated heterocycles. The minimum Gasteiger partial charge on any atom is -0.393 e. The summed E-state index contributed by atoms with van der Waals surface area (Å²) in [6.45, 7) is 0.411. The van der Waals surface area contributed by atoms with Gasteiger partial charge in [0.05, 0.1) is 22.7 Å². The minimum atomic E-state index is -0.505. The second kappa shape index (κ2) is 4.42. The number of aromatic nitrogens is 2. The number of halogens is 1. The normalized spacial score (nSPS) is 10.4. The monoisotopic (exact) mass is 252 g/mol. The molecule has 0 aliphatic carbocycles. The molecule has 0 saturated carbocycles. The molecule has 1 heterocycles. The molecular formula is C10H9ClN4O2.